The van der Waals surface area contributed by atoms with Gasteiger partial charge in [-0.2, -0.15) is 0 Å². The van der Waals surface area contributed by atoms with E-state index in [0.29, 0.717) is 5.56 Å². The van der Waals surface area contributed by atoms with Crippen LogP contribution in [0.2, 0.25) is 0 Å². The number of esters is 1. The first-order chi connectivity index (χ1) is 17.2. The van der Waals surface area contributed by atoms with Crippen molar-refractivity contribution in [2.24, 2.45) is 0 Å². The normalized spacial score (nSPS) is 11.1. The third-order valence-corrected chi connectivity index (χ3v) is 6.29. The Kier molecular flexibility index (Phi) is 6.28. The van der Waals surface area contributed by atoms with Crippen molar-refractivity contribution in [3.05, 3.63) is 167 Å². The predicted octanol–water partition coefficient (Wildman–Crippen LogP) is 7.81. The van der Waals surface area contributed by atoms with E-state index in [4.69, 9.17) is 4.74 Å². The van der Waals surface area contributed by atoms with Crippen LogP contribution in [-0.2, 0) is 10.3 Å². The molecule has 0 unspecified atom stereocenters. The van der Waals surface area contributed by atoms with Crippen molar-refractivity contribution in [3.8, 4) is 11.1 Å². The van der Waals surface area contributed by atoms with Gasteiger partial charge < -0.3 is 4.74 Å². The standard InChI is InChI=1S/C33H26O2/c1-25-17-19-26(20-18-25)27-21-23-28(24-22-27)32(34)35-33(29-11-5-2-6-12-29,30-13-7-3-8-14-30)31-15-9-4-10-16-31/h2-24H,1H3. The Morgan fingerprint density at radius 2 is 0.886 bits per heavy atom. The van der Waals surface area contributed by atoms with Crippen LogP contribution in [0.15, 0.2) is 140 Å². The van der Waals surface area contributed by atoms with Crippen molar-refractivity contribution in [2.75, 3.05) is 0 Å². The van der Waals surface area contributed by atoms with E-state index in [1.165, 1.54) is 5.56 Å². The van der Waals surface area contributed by atoms with Gasteiger partial charge >= 0.3 is 5.97 Å². The largest absolute Gasteiger partial charge is 0.441 e. The SMILES string of the molecule is Cc1ccc(-c2ccc(C(=O)OC(c3ccccc3)(c3ccccc3)c3ccccc3)cc2)cc1. The highest BCUT2D eigenvalue weighted by molar-refractivity contribution is 5.91. The van der Waals surface area contributed by atoms with Gasteiger partial charge in [0.1, 0.15) is 0 Å². The maximum absolute atomic E-state index is 13.7. The fourth-order valence-electron chi connectivity index (χ4n) is 4.44. The molecule has 0 saturated heterocycles. The minimum absolute atomic E-state index is 0.378. The zero-order valence-electron chi connectivity index (χ0n) is 19.6. The predicted molar refractivity (Wildman–Crippen MR) is 141 cm³/mol. The molecule has 0 atom stereocenters. The van der Waals surface area contributed by atoms with Gasteiger partial charge in [0.05, 0.1) is 5.56 Å². The minimum Gasteiger partial charge on any atom is -0.441 e. The van der Waals surface area contributed by atoms with Crippen LogP contribution in [0, 0.1) is 6.92 Å². The van der Waals surface area contributed by atoms with E-state index in [1.807, 2.05) is 115 Å². The molecule has 5 rings (SSSR count). The molecule has 0 aliphatic carbocycles. The summed E-state index contributed by atoms with van der Waals surface area (Å²) < 4.78 is 6.50. The molecule has 0 spiro atoms. The van der Waals surface area contributed by atoms with Crippen LogP contribution in [0.25, 0.3) is 11.1 Å². The van der Waals surface area contributed by atoms with Gasteiger partial charge in [0.2, 0.25) is 0 Å². The van der Waals surface area contributed by atoms with Crippen LogP contribution < -0.4 is 0 Å². The van der Waals surface area contributed by atoms with Crippen molar-refractivity contribution in [2.45, 2.75) is 12.5 Å². The molecule has 0 amide bonds. The first-order valence-electron chi connectivity index (χ1n) is 11.7. The second kappa shape index (κ2) is 9.82. The number of carbonyl (C=O) groups is 1. The summed E-state index contributed by atoms with van der Waals surface area (Å²) in [4.78, 5) is 13.7. The lowest BCUT2D eigenvalue weighted by atomic mass is 9.80. The van der Waals surface area contributed by atoms with E-state index in [9.17, 15) is 4.79 Å². The van der Waals surface area contributed by atoms with Crippen LogP contribution in [0.5, 0.6) is 0 Å². The lowest BCUT2D eigenvalue weighted by Gasteiger charge is -2.35. The van der Waals surface area contributed by atoms with E-state index in [2.05, 4.69) is 31.2 Å². The highest BCUT2D eigenvalue weighted by atomic mass is 16.6. The Labute approximate surface area is 206 Å². The van der Waals surface area contributed by atoms with Crippen LogP contribution in [-0.4, -0.2) is 5.97 Å². The van der Waals surface area contributed by atoms with E-state index < -0.39 is 5.60 Å². The summed E-state index contributed by atoms with van der Waals surface area (Å²) in [5, 5.41) is 0. The van der Waals surface area contributed by atoms with Gasteiger partial charge in [-0.15, -0.1) is 0 Å². The van der Waals surface area contributed by atoms with Crippen molar-refractivity contribution in [1.82, 2.24) is 0 Å². The quantitative estimate of drug-likeness (QED) is 0.193. The number of aryl methyl sites for hydroxylation is 1. The Balaban J connectivity index is 1.57. The number of carbonyl (C=O) groups excluding carboxylic acids is 1. The first-order valence-corrected chi connectivity index (χ1v) is 11.7. The molecular weight excluding hydrogens is 428 g/mol. The summed E-state index contributed by atoms with van der Waals surface area (Å²) in [7, 11) is 0. The van der Waals surface area contributed by atoms with Gasteiger partial charge in [0, 0.05) is 16.7 Å². The van der Waals surface area contributed by atoms with E-state index in [0.717, 1.165) is 27.8 Å². The lowest BCUT2D eigenvalue weighted by Crippen LogP contribution is -2.35. The number of benzene rings is 5. The van der Waals surface area contributed by atoms with Gasteiger partial charge in [0.15, 0.2) is 5.60 Å². The molecule has 0 radical (unpaired) electrons. The maximum atomic E-state index is 13.7. The number of rotatable bonds is 6. The van der Waals surface area contributed by atoms with Crippen molar-refractivity contribution in [3.63, 3.8) is 0 Å². The zero-order valence-corrected chi connectivity index (χ0v) is 19.6. The number of hydrogen-bond acceptors (Lipinski definition) is 2. The number of ether oxygens (including phenoxy) is 1. The molecule has 5 aromatic carbocycles. The van der Waals surface area contributed by atoms with Crippen molar-refractivity contribution < 1.29 is 9.53 Å². The molecule has 5 aromatic rings. The molecule has 35 heavy (non-hydrogen) atoms. The Morgan fingerprint density at radius 1 is 0.514 bits per heavy atom. The summed E-state index contributed by atoms with van der Waals surface area (Å²) in [6, 6.07) is 45.8. The first kappa shape index (κ1) is 22.4. The molecule has 0 aliphatic heterocycles. The van der Waals surface area contributed by atoms with Crippen LogP contribution >= 0.6 is 0 Å². The minimum atomic E-state index is -1.09. The molecule has 0 heterocycles. The topological polar surface area (TPSA) is 26.3 Å². The summed E-state index contributed by atoms with van der Waals surface area (Å²) in [5.41, 5.74) is 5.48. The summed E-state index contributed by atoms with van der Waals surface area (Å²) in [5.74, 6) is -0.378. The molecule has 0 saturated carbocycles. The van der Waals surface area contributed by atoms with Gasteiger partial charge in [0.25, 0.3) is 0 Å². The van der Waals surface area contributed by atoms with E-state index in [-0.39, 0.29) is 5.97 Å². The maximum Gasteiger partial charge on any atom is 0.339 e. The zero-order chi connectivity index (χ0) is 24.1. The third kappa shape index (κ3) is 4.51. The smallest absolute Gasteiger partial charge is 0.339 e. The van der Waals surface area contributed by atoms with Crippen LogP contribution in [0.4, 0.5) is 0 Å². The van der Waals surface area contributed by atoms with E-state index in [1.54, 1.807) is 0 Å². The fraction of sp³-hybridized carbons (Fsp3) is 0.0606. The molecule has 0 aliphatic rings. The summed E-state index contributed by atoms with van der Waals surface area (Å²) >= 11 is 0. The van der Waals surface area contributed by atoms with Gasteiger partial charge in [-0.3, -0.25) is 0 Å². The Bertz CT molecular complexity index is 1290. The lowest BCUT2D eigenvalue weighted by molar-refractivity contribution is 0.0141. The average Bonchev–Trinajstić information content (AvgIpc) is 2.93. The molecule has 2 nitrogen and oxygen atoms in total. The van der Waals surface area contributed by atoms with Gasteiger partial charge in [-0.25, -0.2) is 4.79 Å². The monoisotopic (exact) mass is 454 g/mol. The fourth-order valence-corrected chi connectivity index (χ4v) is 4.44. The van der Waals surface area contributed by atoms with Crippen LogP contribution in [0.3, 0.4) is 0 Å². The molecule has 0 bridgehead atoms. The van der Waals surface area contributed by atoms with Crippen molar-refractivity contribution >= 4 is 5.97 Å². The molecule has 2 heteroatoms. The molecule has 0 N–H and O–H groups in total. The molecule has 0 aromatic heterocycles. The van der Waals surface area contributed by atoms with Crippen LogP contribution in [0.1, 0.15) is 32.6 Å². The highest BCUT2D eigenvalue weighted by Crippen LogP contribution is 2.41. The third-order valence-electron chi connectivity index (χ3n) is 6.29. The number of hydrogen-bond donors (Lipinski definition) is 0. The second-order valence-electron chi connectivity index (χ2n) is 8.61. The van der Waals surface area contributed by atoms with Gasteiger partial charge in [-0.1, -0.05) is 133 Å². The van der Waals surface area contributed by atoms with Gasteiger partial charge in [-0.05, 0) is 30.2 Å². The molecule has 170 valence electrons. The Hall–Kier alpha value is -4.43. The Morgan fingerprint density at radius 3 is 1.29 bits per heavy atom. The molecule has 0 fully saturated rings. The highest BCUT2D eigenvalue weighted by Gasteiger charge is 2.40. The van der Waals surface area contributed by atoms with Crippen molar-refractivity contribution in [1.29, 1.82) is 0 Å². The molecular formula is C33H26O2. The average molecular weight is 455 g/mol. The summed E-state index contributed by atoms with van der Waals surface area (Å²) in [6.45, 7) is 2.07. The van der Waals surface area contributed by atoms with E-state index >= 15 is 0 Å². The second-order valence-corrected chi connectivity index (χ2v) is 8.61. The summed E-state index contributed by atoms with van der Waals surface area (Å²) in [6.07, 6.45) is 0.